The lowest BCUT2D eigenvalue weighted by Crippen LogP contribution is -2.76. The molecule has 1 saturated heterocycles. The zero-order valence-electron chi connectivity index (χ0n) is 26.8. The minimum Gasteiger partial charge on any atom is -0.504 e. The summed E-state index contributed by atoms with van der Waals surface area (Å²) in [5, 5.41) is 33.5. The number of phenols is 1. The molecule has 4 aliphatic carbocycles. The van der Waals surface area contributed by atoms with Crippen molar-refractivity contribution in [1.29, 1.82) is 0 Å². The van der Waals surface area contributed by atoms with Gasteiger partial charge in [0.25, 0.3) is 0 Å². The second-order valence-electron chi connectivity index (χ2n) is 14.6. The predicted octanol–water partition coefficient (Wildman–Crippen LogP) is 4.58. The summed E-state index contributed by atoms with van der Waals surface area (Å²) in [5.74, 6) is 2.50. The molecule has 0 amide bonds. The molecule has 2 bridgehead atoms. The molecule has 1 spiro atoms. The van der Waals surface area contributed by atoms with Gasteiger partial charge in [-0.3, -0.25) is 9.69 Å². The van der Waals surface area contributed by atoms with Gasteiger partial charge in [-0.05, 0) is 101 Å². The van der Waals surface area contributed by atoms with Gasteiger partial charge in [0.15, 0.2) is 23.4 Å². The van der Waals surface area contributed by atoms with E-state index in [-0.39, 0.29) is 30.0 Å². The fourth-order valence-electron chi connectivity index (χ4n) is 9.45. The number of aromatic hydroxyl groups is 1. The van der Waals surface area contributed by atoms with Gasteiger partial charge in [-0.2, -0.15) is 0 Å². The summed E-state index contributed by atoms with van der Waals surface area (Å²) in [6.45, 7) is 2.88. The van der Waals surface area contributed by atoms with Crippen LogP contribution < -0.4 is 9.47 Å². The minimum atomic E-state index is -0.940. The van der Waals surface area contributed by atoms with Gasteiger partial charge in [-0.25, -0.2) is 0 Å². The average Bonchev–Trinajstić information content (AvgIpc) is 3.75. The Kier molecular flexibility index (Phi) is 8.70. The fraction of sp³-hybridized carbons (Fsp3) is 0.639. The number of rotatable bonds is 6. The molecule has 3 N–H and O–H groups in total. The van der Waals surface area contributed by atoms with Gasteiger partial charge >= 0.3 is 0 Å². The predicted molar refractivity (Wildman–Crippen MR) is 174 cm³/mol. The van der Waals surface area contributed by atoms with Crippen LogP contribution in [0, 0.1) is 11.8 Å². The van der Waals surface area contributed by atoms with Crippen LogP contribution in [0.15, 0.2) is 36.4 Å². The van der Waals surface area contributed by atoms with E-state index in [9.17, 15) is 20.1 Å². The van der Waals surface area contributed by atoms with Crippen LogP contribution in [0.3, 0.4) is 0 Å². The molecule has 2 heterocycles. The molecule has 0 unspecified atom stereocenters. The summed E-state index contributed by atoms with van der Waals surface area (Å²) in [5.41, 5.74) is 0.741. The molecule has 2 aliphatic heterocycles. The van der Waals surface area contributed by atoms with Crippen LogP contribution in [-0.2, 0) is 22.2 Å². The number of ether oxygens (including phenoxy) is 2. The molecular weight excluding hydrogens is 592 g/mol. The van der Waals surface area contributed by atoms with Gasteiger partial charge in [-0.1, -0.05) is 31.0 Å². The van der Waals surface area contributed by atoms with Gasteiger partial charge in [0.05, 0.1) is 23.7 Å². The number of hydrogen-bond donors (Lipinski definition) is 3. The maximum atomic E-state index is 12.7. The highest BCUT2D eigenvalue weighted by molar-refractivity contribution is 5.90. The largest absolute Gasteiger partial charge is 0.504 e. The highest BCUT2D eigenvalue weighted by Gasteiger charge is 2.73. The van der Waals surface area contributed by atoms with Crippen LogP contribution in [0.1, 0.15) is 74.5 Å². The maximum Gasteiger partial charge on any atom is 0.174 e. The van der Waals surface area contributed by atoms with E-state index in [0.29, 0.717) is 24.5 Å². The van der Waals surface area contributed by atoms with Crippen LogP contribution in [0.4, 0.5) is 0 Å². The number of carbonyl (C=O) groups is 1. The molecule has 8 nitrogen and oxygen atoms in total. The molecule has 0 radical (unpaired) electrons. The van der Waals surface area contributed by atoms with Gasteiger partial charge in [0, 0.05) is 37.0 Å². The Morgan fingerprint density at radius 2 is 1.87 bits per heavy atom. The van der Waals surface area contributed by atoms with Gasteiger partial charge in [0.2, 0.25) is 0 Å². The first kappa shape index (κ1) is 32.6. The molecule has 6 aliphatic rings. The second-order valence-corrected chi connectivity index (χ2v) is 14.6. The van der Waals surface area contributed by atoms with Crippen molar-refractivity contribution < 1.29 is 29.6 Å². The monoisotopic (exact) mass is 640 g/mol. The zero-order valence-corrected chi connectivity index (χ0v) is 27.7. The number of methoxy groups -OCH3 is 1. The van der Waals surface area contributed by atoms with E-state index in [1.54, 1.807) is 13.2 Å². The summed E-state index contributed by atoms with van der Waals surface area (Å²) in [6, 6.07) is 11.6. The third kappa shape index (κ3) is 5.16. The van der Waals surface area contributed by atoms with Crippen molar-refractivity contribution in [3.8, 4) is 17.2 Å². The number of halogens is 1. The lowest BCUT2D eigenvalue weighted by atomic mass is 9.49. The highest BCUT2D eigenvalue weighted by atomic mass is 35.5. The normalized spacial score (nSPS) is 34.6. The lowest BCUT2D eigenvalue weighted by molar-refractivity contribution is -0.188. The number of hydrogen-bond acceptors (Lipinski definition) is 8. The molecule has 45 heavy (non-hydrogen) atoms. The standard InChI is InChI=1S/C20H23NO4.C16H25NO2.ClH/c22-13-4-3-12-9-15-20(24)6-5-14(23)18-19(20,16(12)17(13)25-18)7-8-21(15)10-11-1-2-11;1-17(2)12-14-7-4-5-10-16(14,18)13-8-6-9-15(11-13)19-3;/h3-4,11,15,18,22,24H,1-2,5-10H2;6,8-9,11,14,18H,4-5,7,10,12H2,1-3H3;1H/t15-,18+,19+,20-;14-,16+;/m11./s1. The first-order chi connectivity index (χ1) is 21.1. The van der Waals surface area contributed by atoms with E-state index in [1.165, 1.54) is 19.3 Å². The first-order valence-electron chi connectivity index (χ1n) is 16.6. The Balaban J connectivity index is 0.000000162. The Labute approximate surface area is 273 Å². The average molecular weight is 641 g/mol. The summed E-state index contributed by atoms with van der Waals surface area (Å²) in [4.78, 5) is 17.4. The van der Waals surface area contributed by atoms with Crippen LogP contribution in [-0.4, -0.2) is 89.5 Å². The van der Waals surface area contributed by atoms with E-state index in [2.05, 4.69) is 23.9 Å². The van der Waals surface area contributed by atoms with Crippen molar-refractivity contribution >= 4 is 18.2 Å². The molecule has 2 aromatic rings. The van der Waals surface area contributed by atoms with Crippen LogP contribution in [0.25, 0.3) is 0 Å². The minimum absolute atomic E-state index is 0. The van der Waals surface area contributed by atoms with Gasteiger partial charge in [0.1, 0.15) is 5.75 Å². The maximum absolute atomic E-state index is 12.7. The first-order valence-corrected chi connectivity index (χ1v) is 16.6. The summed E-state index contributed by atoms with van der Waals surface area (Å²) in [6.07, 6.45) is 8.57. The third-order valence-corrected chi connectivity index (χ3v) is 11.7. The number of carbonyl (C=O) groups excluding carboxylic acids is 1. The van der Waals surface area contributed by atoms with E-state index in [0.717, 1.165) is 80.1 Å². The number of ketones is 1. The summed E-state index contributed by atoms with van der Waals surface area (Å²) >= 11 is 0. The molecule has 6 atom stereocenters. The molecular formula is C36H49ClN2O6. The summed E-state index contributed by atoms with van der Waals surface area (Å²) < 4.78 is 11.3. The van der Waals surface area contributed by atoms with Crippen molar-refractivity contribution in [2.45, 2.75) is 93.0 Å². The fourth-order valence-corrected chi connectivity index (χ4v) is 9.45. The van der Waals surface area contributed by atoms with E-state index in [4.69, 9.17) is 9.47 Å². The molecule has 4 fully saturated rings. The zero-order chi connectivity index (χ0) is 30.9. The van der Waals surface area contributed by atoms with Crippen molar-refractivity contribution in [3.05, 3.63) is 53.1 Å². The Bertz CT molecular complexity index is 1430. The summed E-state index contributed by atoms with van der Waals surface area (Å²) in [7, 11) is 5.81. The number of likely N-dealkylation sites (tertiary alicyclic amines) is 1. The topological polar surface area (TPSA) is 103 Å². The molecule has 246 valence electrons. The highest BCUT2D eigenvalue weighted by Crippen LogP contribution is 2.65. The molecule has 9 heteroatoms. The molecule has 8 rings (SSSR count). The van der Waals surface area contributed by atoms with Gasteiger partial charge < -0.3 is 29.7 Å². The van der Waals surface area contributed by atoms with Crippen molar-refractivity contribution in [1.82, 2.24) is 9.80 Å². The van der Waals surface area contributed by atoms with Crippen molar-refractivity contribution in [2.24, 2.45) is 11.8 Å². The van der Waals surface area contributed by atoms with E-state index >= 15 is 0 Å². The van der Waals surface area contributed by atoms with Crippen molar-refractivity contribution in [2.75, 3.05) is 40.8 Å². The van der Waals surface area contributed by atoms with Crippen molar-refractivity contribution in [3.63, 3.8) is 0 Å². The number of phenolic OH excluding ortho intramolecular Hbond substituents is 1. The third-order valence-electron chi connectivity index (χ3n) is 11.7. The van der Waals surface area contributed by atoms with Crippen LogP contribution >= 0.6 is 12.4 Å². The van der Waals surface area contributed by atoms with Crippen LogP contribution in [0.2, 0.25) is 0 Å². The Hall–Kier alpha value is -2.36. The molecule has 2 aromatic carbocycles. The quantitative estimate of drug-likeness (QED) is 0.422. The van der Waals surface area contributed by atoms with E-state index in [1.807, 2.05) is 30.3 Å². The second kappa shape index (κ2) is 12.0. The smallest absolute Gasteiger partial charge is 0.174 e. The molecule has 0 aromatic heterocycles. The number of nitrogens with zero attached hydrogens (tertiary/aromatic N) is 2. The number of piperidine rings is 1. The Morgan fingerprint density at radius 1 is 1.07 bits per heavy atom. The van der Waals surface area contributed by atoms with Crippen LogP contribution in [0.5, 0.6) is 17.2 Å². The van der Waals surface area contributed by atoms with E-state index < -0.39 is 22.7 Å². The number of benzene rings is 2. The number of aliphatic hydroxyl groups is 2. The molecule has 3 saturated carbocycles. The Morgan fingerprint density at radius 3 is 2.60 bits per heavy atom. The lowest BCUT2D eigenvalue weighted by Gasteiger charge is -2.62. The SMILES string of the molecule is COc1cccc([C@@]2(O)CCCC[C@@H]2CN(C)C)c1.Cl.O=C1CC[C@@]2(O)[C@H]3Cc4ccc(O)c5c4[C@@]2(CCN3CC2CC2)[C@H]1O5. The van der Waals surface area contributed by atoms with Gasteiger partial charge in [-0.15, -0.1) is 12.4 Å². The number of Topliss-reactive ketones (excluding diaryl/α,β-unsaturated/α-hetero) is 1.